The summed E-state index contributed by atoms with van der Waals surface area (Å²) in [7, 11) is -4.39. The van der Waals surface area contributed by atoms with Gasteiger partial charge in [-0.3, -0.25) is 9.10 Å². The summed E-state index contributed by atoms with van der Waals surface area (Å²) >= 11 is 5.73. The smallest absolute Gasteiger partial charge is 0.350 e. The second kappa shape index (κ2) is 10.4. The lowest BCUT2D eigenvalue weighted by Crippen LogP contribution is -2.40. The molecule has 192 valence electrons. The number of carbonyl (C=O) groups is 1. The van der Waals surface area contributed by atoms with Crippen molar-refractivity contribution in [3.05, 3.63) is 107 Å². The summed E-state index contributed by atoms with van der Waals surface area (Å²) in [6.07, 6.45) is -4.81. The van der Waals surface area contributed by atoms with Gasteiger partial charge in [0, 0.05) is 6.54 Å². The highest BCUT2D eigenvalue weighted by atomic mass is 35.5. The third-order valence-corrected chi connectivity index (χ3v) is 7.86. The van der Waals surface area contributed by atoms with Crippen molar-refractivity contribution in [1.82, 2.24) is 5.32 Å². The fourth-order valence-electron chi connectivity index (χ4n) is 3.77. The number of rotatable bonds is 7. The summed E-state index contributed by atoms with van der Waals surface area (Å²) in [5.74, 6) is -0.688. The molecule has 4 aromatic rings. The molecule has 37 heavy (non-hydrogen) atoms. The van der Waals surface area contributed by atoms with Crippen LogP contribution in [0.3, 0.4) is 0 Å². The Morgan fingerprint density at radius 2 is 1.59 bits per heavy atom. The van der Waals surface area contributed by atoms with Crippen molar-refractivity contribution >= 4 is 44.0 Å². The average Bonchev–Trinajstić information content (AvgIpc) is 2.86. The molecule has 0 saturated heterocycles. The fourth-order valence-corrected chi connectivity index (χ4v) is 5.41. The summed E-state index contributed by atoms with van der Waals surface area (Å²) in [5, 5.41) is 4.08. The molecular formula is C27H22ClF3N2O3S. The van der Waals surface area contributed by atoms with E-state index in [0.717, 1.165) is 34.0 Å². The number of nitrogens with one attached hydrogen (secondary N) is 1. The van der Waals surface area contributed by atoms with Crippen molar-refractivity contribution in [2.24, 2.45) is 0 Å². The second-order valence-corrected chi connectivity index (χ2v) is 10.7. The van der Waals surface area contributed by atoms with Crippen molar-refractivity contribution in [1.29, 1.82) is 0 Å². The maximum Gasteiger partial charge on any atom is 0.417 e. The first-order valence-corrected chi connectivity index (χ1v) is 13.0. The summed E-state index contributed by atoms with van der Waals surface area (Å²) in [6.45, 7) is 1.14. The van der Waals surface area contributed by atoms with Crippen LogP contribution in [0.5, 0.6) is 0 Å². The predicted molar refractivity (Wildman–Crippen MR) is 138 cm³/mol. The number of hydrogen-bond acceptors (Lipinski definition) is 3. The minimum absolute atomic E-state index is 0.108. The van der Waals surface area contributed by atoms with Gasteiger partial charge in [0.25, 0.3) is 10.0 Å². The lowest BCUT2D eigenvalue weighted by Gasteiger charge is -2.25. The number of fused-ring (bicyclic) bond motifs is 1. The normalized spacial score (nSPS) is 11.9. The van der Waals surface area contributed by atoms with E-state index in [1.807, 2.05) is 42.5 Å². The first kappa shape index (κ1) is 26.5. The zero-order chi connectivity index (χ0) is 26.8. The predicted octanol–water partition coefficient (Wildman–Crippen LogP) is 6.33. The van der Waals surface area contributed by atoms with Gasteiger partial charge in [0.05, 0.1) is 21.2 Å². The molecule has 0 heterocycles. The molecule has 0 aromatic heterocycles. The highest BCUT2D eigenvalue weighted by Gasteiger charge is 2.35. The van der Waals surface area contributed by atoms with E-state index in [4.69, 9.17) is 11.6 Å². The number of carbonyl (C=O) groups excluding carboxylic acids is 1. The topological polar surface area (TPSA) is 66.5 Å². The maximum absolute atomic E-state index is 13.5. The Kier molecular flexibility index (Phi) is 7.47. The van der Waals surface area contributed by atoms with E-state index in [0.29, 0.717) is 10.4 Å². The number of halogens is 4. The average molecular weight is 547 g/mol. The van der Waals surface area contributed by atoms with Crippen molar-refractivity contribution in [3.8, 4) is 0 Å². The minimum atomic E-state index is -4.81. The standard InChI is InChI=1S/C27H22ClF3N2O3S/c1-18-6-11-23(12-7-18)37(35,36)33(22-10-13-25(28)24(15-22)27(29,30)31)17-26(34)32-16-19-8-9-20-4-2-3-5-21(20)14-19/h2-15H,16-17H2,1H3,(H,32,34). The van der Waals surface area contributed by atoms with Gasteiger partial charge >= 0.3 is 6.18 Å². The highest BCUT2D eigenvalue weighted by Crippen LogP contribution is 2.38. The van der Waals surface area contributed by atoms with Gasteiger partial charge in [0.15, 0.2) is 0 Å². The quantitative estimate of drug-likeness (QED) is 0.294. The zero-order valence-electron chi connectivity index (χ0n) is 19.6. The molecule has 5 nitrogen and oxygen atoms in total. The molecule has 1 N–H and O–H groups in total. The summed E-state index contributed by atoms with van der Waals surface area (Å²) in [5.41, 5.74) is 0.0424. The van der Waals surface area contributed by atoms with Crippen LogP contribution in [0.4, 0.5) is 18.9 Å². The van der Waals surface area contributed by atoms with Gasteiger partial charge in [-0.2, -0.15) is 13.2 Å². The lowest BCUT2D eigenvalue weighted by molar-refractivity contribution is -0.137. The van der Waals surface area contributed by atoms with Crippen LogP contribution < -0.4 is 9.62 Å². The van der Waals surface area contributed by atoms with Crippen LogP contribution in [0.15, 0.2) is 89.8 Å². The van der Waals surface area contributed by atoms with Crippen molar-refractivity contribution in [2.75, 3.05) is 10.8 Å². The Hall–Kier alpha value is -3.56. The van der Waals surface area contributed by atoms with Crippen LogP contribution in [0.2, 0.25) is 5.02 Å². The minimum Gasteiger partial charge on any atom is -0.350 e. The van der Waals surface area contributed by atoms with Gasteiger partial charge < -0.3 is 5.32 Å². The zero-order valence-corrected chi connectivity index (χ0v) is 21.2. The van der Waals surface area contributed by atoms with Crippen LogP contribution in [0.25, 0.3) is 10.8 Å². The van der Waals surface area contributed by atoms with Crippen LogP contribution >= 0.6 is 11.6 Å². The fraction of sp³-hybridized carbons (Fsp3) is 0.148. The van der Waals surface area contributed by atoms with Crippen molar-refractivity contribution < 1.29 is 26.4 Å². The molecule has 0 aliphatic rings. The van der Waals surface area contributed by atoms with E-state index in [1.54, 1.807) is 19.1 Å². The molecule has 0 spiro atoms. The first-order valence-electron chi connectivity index (χ1n) is 11.2. The highest BCUT2D eigenvalue weighted by molar-refractivity contribution is 7.92. The van der Waals surface area contributed by atoms with Gasteiger partial charge in [-0.1, -0.05) is 65.7 Å². The second-order valence-electron chi connectivity index (χ2n) is 8.44. The van der Waals surface area contributed by atoms with Gasteiger partial charge in [-0.25, -0.2) is 8.42 Å². The summed E-state index contributed by atoms with van der Waals surface area (Å²) in [6, 6.07) is 21.8. The molecule has 0 atom stereocenters. The molecule has 10 heteroatoms. The Labute approximate surface area is 217 Å². The van der Waals surface area contributed by atoms with Crippen LogP contribution in [-0.4, -0.2) is 20.9 Å². The molecule has 0 radical (unpaired) electrons. The molecular weight excluding hydrogens is 525 g/mol. The monoisotopic (exact) mass is 546 g/mol. The SMILES string of the molecule is Cc1ccc(S(=O)(=O)N(CC(=O)NCc2ccc3ccccc3c2)c2ccc(Cl)c(C(F)(F)F)c2)cc1. The van der Waals surface area contributed by atoms with Gasteiger partial charge in [-0.15, -0.1) is 0 Å². The Bertz CT molecular complexity index is 1560. The molecule has 0 saturated carbocycles. The van der Waals surface area contributed by atoms with Gasteiger partial charge in [-0.05, 0) is 59.7 Å². The van der Waals surface area contributed by atoms with E-state index >= 15 is 0 Å². The number of nitrogens with zero attached hydrogens (tertiary/aromatic N) is 1. The number of alkyl halides is 3. The molecule has 0 bridgehead atoms. The molecule has 0 aliphatic carbocycles. The van der Waals surface area contributed by atoms with E-state index < -0.39 is 39.2 Å². The maximum atomic E-state index is 13.5. The Balaban J connectivity index is 1.64. The van der Waals surface area contributed by atoms with Crippen LogP contribution in [0, 0.1) is 6.92 Å². The summed E-state index contributed by atoms with van der Waals surface area (Å²) in [4.78, 5) is 12.7. The van der Waals surface area contributed by atoms with E-state index in [9.17, 15) is 26.4 Å². The van der Waals surface area contributed by atoms with Gasteiger partial charge in [0.2, 0.25) is 5.91 Å². The number of anilines is 1. The van der Waals surface area contributed by atoms with E-state index in [2.05, 4.69) is 5.32 Å². The largest absolute Gasteiger partial charge is 0.417 e. The molecule has 0 unspecified atom stereocenters. The molecule has 4 rings (SSSR count). The molecule has 0 aliphatic heterocycles. The Morgan fingerprint density at radius 3 is 2.27 bits per heavy atom. The summed E-state index contributed by atoms with van der Waals surface area (Å²) < 4.78 is 68.1. The Morgan fingerprint density at radius 1 is 0.919 bits per heavy atom. The number of amides is 1. The number of aryl methyl sites for hydroxylation is 1. The van der Waals surface area contributed by atoms with Crippen LogP contribution in [-0.2, 0) is 27.5 Å². The van der Waals surface area contributed by atoms with E-state index in [-0.39, 0.29) is 17.1 Å². The van der Waals surface area contributed by atoms with Crippen molar-refractivity contribution in [2.45, 2.75) is 24.5 Å². The van der Waals surface area contributed by atoms with E-state index in [1.165, 1.54) is 12.1 Å². The third-order valence-electron chi connectivity index (χ3n) is 5.74. The molecule has 1 amide bonds. The number of benzene rings is 4. The lowest BCUT2D eigenvalue weighted by atomic mass is 10.1. The third kappa shape index (κ3) is 6.06. The van der Waals surface area contributed by atoms with Crippen molar-refractivity contribution in [3.63, 3.8) is 0 Å². The number of hydrogen-bond donors (Lipinski definition) is 1. The molecule has 4 aromatic carbocycles. The van der Waals surface area contributed by atoms with Crippen LogP contribution in [0.1, 0.15) is 16.7 Å². The molecule has 0 fully saturated rings. The number of sulfonamides is 1. The van der Waals surface area contributed by atoms with Gasteiger partial charge in [0.1, 0.15) is 6.54 Å². The first-order chi connectivity index (χ1) is 17.4.